The molecule has 4 rings (SSSR count). The van der Waals surface area contributed by atoms with Gasteiger partial charge in [0.25, 0.3) is 0 Å². The summed E-state index contributed by atoms with van der Waals surface area (Å²) in [6.07, 6.45) is 5.62. The second-order valence-corrected chi connectivity index (χ2v) is 7.35. The summed E-state index contributed by atoms with van der Waals surface area (Å²) in [6, 6.07) is 14.8. The first-order chi connectivity index (χ1) is 14.5. The first-order valence-corrected chi connectivity index (χ1v) is 9.85. The van der Waals surface area contributed by atoms with Crippen LogP contribution in [0.2, 0.25) is 0 Å². The minimum atomic E-state index is -0.258. The van der Waals surface area contributed by atoms with Crippen LogP contribution in [-0.4, -0.2) is 18.2 Å². The minimum Gasteiger partial charge on any atom is -0.437 e. The van der Waals surface area contributed by atoms with E-state index in [0.29, 0.717) is 5.71 Å². The van der Waals surface area contributed by atoms with Crippen molar-refractivity contribution in [2.24, 2.45) is 4.99 Å². The summed E-state index contributed by atoms with van der Waals surface area (Å²) in [5.74, 6) is -0.258. The fraction of sp³-hybridized carbons (Fsp3) is 0.154. The van der Waals surface area contributed by atoms with Crippen LogP contribution in [0.3, 0.4) is 0 Å². The molecular formula is C26H23FN2O. The Morgan fingerprint density at radius 2 is 1.73 bits per heavy atom. The Morgan fingerprint density at radius 3 is 2.47 bits per heavy atom. The van der Waals surface area contributed by atoms with Crippen molar-refractivity contribution in [2.45, 2.75) is 20.8 Å². The molecule has 30 heavy (non-hydrogen) atoms. The van der Waals surface area contributed by atoms with E-state index in [1.165, 1.54) is 12.1 Å². The number of allylic oxidation sites excluding steroid dienone is 4. The molecular weight excluding hydrogens is 375 g/mol. The Labute approximate surface area is 175 Å². The molecule has 4 heteroatoms. The molecule has 2 aromatic carbocycles. The van der Waals surface area contributed by atoms with Crippen LogP contribution in [0.15, 0.2) is 70.1 Å². The third kappa shape index (κ3) is 3.57. The van der Waals surface area contributed by atoms with Gasteiger partial charge in [0, 0.05) is 35.3 Å². The lowest BCUT2D eigenvalue weighted by Crippen LogP contribution is -1.92. The van der Waals surface area contributed by atoms with E-state index in [1.54, 1.807) is 25.4 Å². The first kappa shape index (κ1) is 19.8. The number of benzene rings is 2. The molecule has 0 radical (unpaired) electrons. The molecule has 0 aliphatic rings. The smallest absolute Gasteiger partial charge is 0.227 e. The van der Waals surface area contributed by atoms with Gasteiger partial charge in [0.1, 0.15) is 11.4 Å². The lowest BCUT2D eigenvalue weighted by atomic mass is 9.91. The number of fused-ring (bicyclic) bond motifs is 3. The molecule has 0 aliphatic heterocycles. The third-order valence-corrected chi connectivity index (χ3v) is 5.29. The van der Waals surface area contributed by atoms with Gasteiger partial charge in [-0.3, -0.25) is 4.99 Å². The maximum atomic E-state index is 13.5. The zero-order chi connectivity index (χ0) is 21.3. The topological polar surface area (TPSA) is 38.4 Å². The Morgan fingerprint density at radius 1 is 1.00 bits per heavy atom. The van der Waals surface area contributed by atoms with E-state index in [1.807, 2.05) is 25.1 Å². The monoisotopic (exact) mass is 398 g/mol. The van der Waals surface area contributed by atoms with E-state index in [2.05, 4.69) is 42.0 Å². The van der Waals surface area contributed by atoms with Crippen LogP contribution in [0, 0.1) is 19.7 Å². The van der Waals surface area contributed by atoms with Crippen molar-refractivity contribution in [3.63, 3.8) is 0 Å². The lowest BCUT2D eigenvalue weighted by Gasteiger charge is -2.13. The summed E-state index contributed by atoms with van der Waals surface area (Å²) in [6.45, 7) is 6.10. The molecule has 0 amide bonds. The van der Waals surface area contributed by atoms with E-state index in [4.69, 9.17) is 4.42 Å². The number of halogens is 1. The fourth-order valence-corrected chi connectivity index (χ4v) is 3.80. The molecule has 0 fully saturated rings. The van der Waals surface area contributed by atoms with Gasteiger partial charge in [-0.15, -0.1) is 0 Å². The molecule has 0 aliphatic carbocycles. The summed E-state index contributed by atoms with van der Waals surface area (Å²) in [7, 11) is 1.73. The van der Waals surface area contributed by atoms with E-state index in [-0.39, 0.29) is 5.82 Å². The number of hydrogen-bond donors (Lipinski definition) is 0. The predicted molar refractivity (Wildman–Crippen MR) is 123 cm³/mol. The fourth-order valence-electron chi connectivity index (χ4n) is 3.80. The van der Waals surface area contributed by atoms with Gasteiger partial charge in [-0.25, -0.2) is 9.37 Å². The van der Waals surface area contributed by atoms with Crippen LogP contribution in [0.1, 0.15) is 29.3 Å². The Hall–Kier alpha value is -3.53. The Balaban J connectivity index is 2.03. The molecule has 2 heterocycles. The number of nitrogens with zero attached hydrogens (tertiary/aromatic N) is 2. The highest BCUT2D eigenvalue weighted by Crippen LogP contribution is 2.38. The number of rotatable bonds is 4. The minimum absolute atomic E-state index is 0.258. The summed E-state index contributed by atoms with van der Waals surface area (Å²) < 4.78 is 19.8. The summed E-state index contributed by atoms with van der Waals surface area (Å²) >= 11 is 0. The number of aromatic nitrogens is 1. The van der Waals surface area contributed by atoms with E-state index < -0.39 is 0 Å². The zero-order valence-corrected chi connectivity index (χ0v) is 17.5. The van der Waals surface area contributed by atoms with Crippen molar-refractivity contribution in [3.8, 4) is 0 Å². The number of hydrogen-bond acceptors (Lipinski definition) is 3. The van der Waals surface area contributed by atoms with Gasteiger partial charge in [0.05, 0.1) is 0 Å². The maximum absolute atomic E-state index is 13.5. The van der Waals surface area contributed by atoms with Gasteiger partial charge in [-0.2, -0.15) is 0 Å². The summed E-state index contributed by atoms with van der Waals surface area (Å²) in [5.41, 5.74) is 7.46. The molecule has 4 aromatic rings. The lowest BCUT2D eigenvalue weighted by molar-refractivity contribution is 0.627. The van der Waals surface area contributed by atoms with Gasteiger partial charge in [0.15, 0.2) is 0 Å². The second-order valence-electron chi connectivity index (χ2n) is 7.35. The van der Waals surface area contributed by atoms with Crippen LogP contribution in [0.25, 0.3) is 33.2 Å². The van der Waals surface area contributed by atoms with Crippen LogP contribution in [-0.2, 0) is 0 Å². The number of aliphatic imine (C=N–C) groups is 1. The quantitative estimate of drug-likeness (QED) is 0.212. The molecule has 150 valence electrons. The van der Waals surface area contributed by atoms with Crippen LogP contribution < -0.4 is 0 Å². The number of furan rings is 1. The van der Waals surface area contributed by atoms with Crippen LogP contribution >= 0.6 is 0 Å². The molecule has 0 saturated heterocycles. The zero-order valence-electron chi connectivity index (χ0n) is 17.5. The van der Waals surface area contributed by atoms with Gasteiger partial charge < -0.3 is 4.42 Å². The molecule has 0 N–H and O–H groups in total. The predicted octanol–water partition coefficient (Wildman–Crippen LogP) is 6.92. The average molecular weight is 398 g/mol. The van der Waals surface area contributed by atoms with Crippen molar-refractivity contribution in [3.05, 3.63) is 88.9 Å². The standard InChI is InChI=1S/C26H23FN2O/c1-16-7-13-22-23-14-8-17(2)29-26(23)30-25(22)24(16)18(3)21(6-5-15-28-4)19-9-11-20(27)12-10-19/h5-15H,1-4H3/b6-5-,21-18-,28-15+. The van der Waals surface area contributed by atoms with E-state index in [9.17, 15) is 4.39 Å². The average Bonchev–Trinajstić information content (AvgIpc) is 3.09. The van der Waals surface area contributed by atoms with Crippen LogP contribution in [0.5, 0.6) is 0 Å². The summed E-state index contributed by atoms with van der Waals surface area (Å²) in [4.78, 5) is 8.59. The van der Waals surface area contributed by atoms with Gasteiger partial charge >= 0.3 is 0 Å². The summed E-state index contributed by atoms with van der Waals surface area (Å²) in [5, 5.41) is 2.04. The Kier molecular flexibility index (Phi) is 5.32. The van der Waals surface area contributed by atoms with Crippen molar-refractivity contribution < 1.29 is 8.81 Å². The van der Waals surface area contributed by atoms with E-state index in [0.717, 1.165) is 49.9 Å². The molecule has 0 unspecified atom stereocenters. The number of pyridine rings is 1. The van der Waals surface area contributed by atoms with Gasteiger partial charge in [-0.1, -0.05) is 30.3 Å². The highest BCUT2D eigenvalue weighted by Gasteiger charge is 2.17. The van der Waals surface area contributed by atoms with Crippen molar-refractivity contribution >= 4 is 39.4 Å². The second kappa shape index (κ2) is 8.07. The molecule has 0 spiro atoms. The van der Waals surface area contributed by atoms with Crippen molar-refractivity contribution in [2.75, 3.05) is 7.05 Å². The van der Waals surface area contributed by atoms with Crippen molar-refractivity contribution in [1.29, 1.82) is 0 Å². The normalized spacial score (nSPS) is 13.1. The molecule has 0 saturated carbocycles. The van der Waals surface area contributed by atoms with Crippen molar-refractivity contribution in [1.82, 2.24) is 4.98 Å². The highest BCUT2D eigenvalue weighted by atomic mass is 19.1. The van der Waals surface area contributed by atoms with Gasteiger partial charge in [0.2, 0.25) is 5.71 Å². The molecule has 2 aromatic heterocycles. The first-order valence-electron chi connectivity index (χ1n) is 9.85. The SMILES string of the molecule is C/N=C/C=C\C(=C(/C)c1c(C)ccc2c1oc1nc(C)ccc12)c1ccc(F)cc1. The Bertz CT molecular complexity index is 1320. The molecule has 3 nitrogen and oxygen atoms in total. The van der Waals surface area contributed by atoms with E-state index >= 15 is 0 Å². The highest BCUT2D eigenvalue weighted by molar-refractivity contribution is 6.10. The molecule has 0 bridgehead atoms. The van der Waals surface area contributed by atoms with Gasteiger partial charge in [-0.05, 0) is 73.4 Å². The largest absolute Gasteiger partial charge is 0.437 e. The molecule has 0 atom stereocenters. The number of aryl methyl sites for hydroxylation is 2. The van der Waals surface area contributed by atoms with Crippen LogP contribution in [0.4, 0.5) is 4.39 Å². The maximum Gasteiger partial charge on any atom is 0.227 e. The third-order valence-electron chi connectivity index (χ3n) is 5.29.